The number of hydrogen-bond acceptors (Lipinski definition) is 4. The fourth-order valence-electron chi connectivity index (χ4n) is 3.57. The minimum atomic E-state index is -0.503. The summed E-state index contributed by atoms with van der Waals surface area (Å²) in [5.74, 6) is -1.43. The van der Waals surface area contributed by atoms with Crippen LogP contribution < -0.4 is 15.1 Å². The summed E-state index contributed by atoms with van der Waals surface area (Å²) in [6.07, 6.45) is 0. The molecule has 0 spiro atoms. The summed E-state index contributed by atoms with van der Waals surface area (Å²) in [5.41, 5.74) is 3.41. The normalized spacial score (nSPS) is 13.7. The van der Waals surface area contributed by atoms with Crippen LogP contribution in [-0.2, 0) is 9.59 Å². The number of carbonyl (C=O) groups excluding carboxylic acids is 2. The van der Waals surface area contributed by atoms with E-state index in [4.69, 9.17) is 11.6 Å². The highest BCUT2D eigenvalue weighted by Gasteiger charge is 2.41. The molecule has 0 fully saturated rings. The lowest BCUT2D eigenvalue weighted by molar-refractivity contribution is -0.120. The average Bonchev–Trinajstić information content (AvgIpc) is 3.01. The van der Waals surface area contributed by atoms with Gasteiger partial charge in [-0.1, -0.05) is 29.8 Å². The zero-order valence-corrected chi connectivity index (χ0v) is 18.6. The fraction of sp³-hybridized carbons (Fsp3) is 0.120. The average molecular weight is 450 g/mol. The molecule has 2 amide bonds. The quantitative estimate of drug-likeness (QED) is 0.540. The van der Waals surface area contributed by atoms with Crippen molar-refractivity contribution in [2.45, 2.75) is 6.92 Å². The Morgan fingerprint density at radius 2 is 1.56 bits per heavy atom. The molecule has 0 aliphatic carbocycles. The lowest BCUT2D eigenvalue weighted by atomic mass is 10.0. The summed E-state index contributed by atoms with van der Waals surface area (Å²) < 4.78 is 13.5. The molecule has 1 aliphatic heterocycles. The van der Waals surface area contributed by atoms with Gasteiger partial charge in [-0.25, -0.2) is 9.29 Å². The van der Waals surface area contributed by atoms with Crippen molar-refractivity contribution in [2.75, 3.05) is 29.2 Å². The molecule has 3 aromatic rings. The van der Waals surface area contributed by atoms with E-state index in [-0.39, 0.29) is 11.3 Å². The van der Waals surface area contributed by atoms with Gasteiger partial charge in [0, 0.05) is 30.5 Å². The first kappa shape index (κ1) is 21.6. The van der Waals surface area contributed by atoms with Gasteiger partial charge in [0.15, 0.2) is 0 Å². The van der Waals surface area contributed by atoms with Crippen molar-refractivity contribution >= 4 is 46.1 Å². The molecule has 0 aromatic heterocycles. The van der Waals surface area contributed by atoms with Crippen LogP contribution in [0.25, 0.3) is 5.57 Å². The Balaban J connectivity index is 1.81. The Labute approximate surface area is 190 Å². The molecule has 1 N–H and O–H groups in total. The Kier molecular flexibility index (Phi) is 5.72. The van der Waals surface area contributed by atoms with Crippen LogP contribution in [0.1, 0.15) is 11.1 Å². The van der Waals surface area contributed by atoms with E-state index in [1.54, 1.807) is 25.1 Å². The minimum Gasteiger partial charge on any atom is -0.378 e. The Bertz CT molecular complexity index is 1240. The summed E-state index contributed by atoms with van der Waals surface area (Å²) >= 11 is 6.24. The molecule has 162 valence electrons. The maximum absolute atomic E-state index is 13.5. The predicted octanol–water partition coefficient (Wildman–Crippen LogP) is 5.25. The van der Waals surface area contributed by atoms with Crippen LogP contribution in [0, 0.1) is 12.7 Å². The van der Waals surface area contributed by atoms with Crippen LogP contribution in [0.5, 0.6) is 0 Å². The second-order valence-electron chi connectivity index (χ2n) is 7.65. The van der Waals surface area contributed by atoms with Crippen LogP contribution in [0.3, 0.4) is 0 Å². The monoisotopic (exact) mass is 449 g/mol. The second kappa shape index (κ2) is 8.48. The topological polar surface area (TPSA) is 52.7 Å². The van der Waals surface area contributed by atoms with Crippen molar-refractivity contribution in [1.82, 2.24) is 0 Å². The third kappa shape index (κ3) is 3.85. The van der Waals surface area contributed by atoms with Gasteiger partial charge < -0.3 is 10.2 Å². The lowest BCUT2D eigenvalue weighted by Gasteiger charge is -2.18. The number of rotatable bonds is 5. The number of amides is 2. The first-order chi connectivity index (χ1) is 15.3. The molecule has 1 aliphatic rings. The van der Waals surface area contributed by atoms with E-state index in [1.165, 1.54) is 24.3 Å². The molecule has 1 heterocycles. The van der Waals surface area contributed by atoms with Crippen LogP contribution in [-0.4, -0.2) is 25.9 Å². The van der Waals surface area contributed by atoms with Gasteiger partial charge in [-0.2, -0.15) is 0 Å². The smallest absolute Gasteiger partial charge is 0.282 e. The standard InChI is InChI=1S/C25H21ClFN3O2/c1-15-20(26)5-4-6-21(15)30-24(31)22(16-7-9-17(27)10-8-16)23(25(30)32)28-18-11-13-19(14-12-18)29(2)3/h4-14,28H,1-3H3. The summed E-state index contributed by atoms with van der Waals surface area (Å²) in [4.78, 5) is 30.0. The molecular weight excluding hydrogens is 429 g/mol. The number of nitrogens with one attached hydrogen (secondary N) is 1. The first-order valence-corrected chi connectivity index (χ1v) is 10.3. The largest absolute Gasteiger partial charge is 0.378 e. The van der Waals surface area contributed by atoms with Gasteiger partial charge in [0.2, 0.25) is 0 Å². The predicted molar refractivity (Wildman–Crippen MR) is 126 cm³/mol. The van der Waals surface area contributed by atoms with Gasteiger partial charge in [0.1, 0.15) is 11.5 Å². The van der Waals surface area contributed by atoms with Gasteiger partial charge in [-0.15, -0.1) is 0 Å². The molecular formula is C25H21ClFN3O2. The third-order valence-corrected chi connectivity index (χ3v) is 5.76. The number of nitrogens with zero attached hydrogens (tertiary/aromatic N) is 2. The Hall–Kier alpha value is -3.64. The van der Waals surface area contributed by atoms with E-state index in [0.717, 1.165) is 10.6 Å². The number of carbonyl (C=O) groups is 2. The minimum absolute atomic E-state index is 0.124. The van der Waals surface area contributed by atoms with Crippen LogP contribution in [0.4, 0.5) is 21.5 Å². The molecule has 0 saturated heterocycles. The molecule has 0 saturated carbocycles. The van der Waals surface area contributed by atoms with E-state index < -0.39 is 17.6 Å². The van der Waals surface area contributed by atoms with Crippen molar-refractivity contribution < 1.29 is 14.0 Å². The zero-order chi connectivity index (χ0) is 23.0. The van der Waals surface area contributed by atoms with Gasteiger partial charge in [-0.3, -0.25) is 9.59 Å². The highest BCUT2D eigenvalue weighted by Crippen LogP contribution is 2.36. The Morgan fingerprint density at radius 1 is 0.906 bits per heavy atom. The molecule has 32 heavy (non-hydrogen) atoms. The number of halogens is 2. The number of anilines is 3. The summed E-state index contributed by atoms with van der Waals surface area (Å²) in [6, 6.07) is 18.0. The number of hydrogen-bond donors (Lipinski definition) is 1. The maximum Gasteiger partial charge on any atom is 0.282 e. The van der Waals surface area contributed by atoms with Gasteiger partial charge in [0.25, 0.3) is 11.8 Å². The molecule has 0 atom stereocenters. The Morgan fingerprint density at radius 3 is 2.19 bits per heavy atom. The van der Waals surface area contributed by atoms with Crippen molar-refractivity contribution in [2.24, 2.45) is 0 Å². The number of imide groups is 1. The van der Waals surface area contributed by atoms with Gasteiger partial charge in [-0.05, 0) is 66.6 Å². The molecule has 7 heteroatoms. The molecule has 3 aromatic carbocycles. The molecule has 5 nitrogen and oxygen atoms in total. The van der Waals surface area contributed by atoms with Crippen molar-refractivity contribution in [3.63, 3.8) is 0 Å². The summed E-state index contributed by atoms with van der Waals surface area (Å²) in [5, 5.41) is 3.56. The van der Waals surface area contributed by atoms with Crippen molar-refractivity contribution in [3.05, 3.63) is 94.4 Å². The van der Waals surface area contributed by atoms with E-state index in [0.29, 0.717) is 27.5 Å². The van der Waals surface area contributed by atoms with Crippen molar-refractivity contribution in [3.8, 4) is 0 Å². The number of benzene rings is 3. The maximum atomic E-state index is 13.5. The zero-order valence-electron chi connectivity index (χ0n) is 17.8. The van der Waals surface area contributed by atoms with Crippen molar-refractivity contribution in [1.29, 1.82) is 0 Å². The van der Waals surface area contributed by atoms with Crippen LogP contribution >= 0.6 is 11.6 Å². The molecule has 0 unspecified atom stereocenters. The van der Waals surface area contributed by atoms with E-state index >= 15 is 0 Å². The molecule has 0 radical (unpaired) electrons. The van der Waals surface area contributed by atoms with Crippen LogP contribution in [0.15, 0.2) is 72.4 Å². The third-order valence-electron chi connectivity index (χ3n) is 5.35. The molecule has 0 bridgehead atoms. The SMILES string of the molecule is Cc1c(Cl)cccc1N1C(=O)C(Nc2ccc(N(C)C)cc2)=C(c2ccc(F)cc2)C1=O. The van der Waals surface area contributed by atoms with E-state index in [2.05, 4.69) is 5.32 Å². The van der Waals surface area contributed by atoms with Gasteiger partial charge >= 0.3 is 0 Å². The highest BCUT2D eigenvalue weighted by molar-refractivity contribution is 6.46. The highest BCUT2D eigenvalue weighted by atomic mass is 35.5. The second-order valence-corrected chi connectivity index (χ2v) is 8.06. The molecule has 4 rings (SSSR count). The first-order valence-electron chi connectivity index (χ1n) is 9.96. The van der Waals surface area contributed by atoms with Crippen LogP contribution in [0.2, 0.25) is 5.02 Å². The summed E-state index contributed by atoms with van der Waals surface area (Å²) in [6.45, 7) is 1.75. The lowest BCUT2D eigenvalue weighted by Crippen LogP contribution is -2.33. The van der Waals surface area contributed by atoms with E-state index in [9.17, 15) is 14.0 Å². The van der Waals surface area contributed by atoms with Gasteiger partial charge in [0.05, 0.1) is 11.3 Å². The van der Waals surface area contributed by atoms with E-state index in [1.807, 2.05) is 43.3 Å². The summed E-state index contributed by atoms with van der Waals surface area (Å²) in [7, 11) is 3.87. The fourth-order valence-corrected chi connectivity index (χ4v) is 3.74.